The molecule has 17 heavy (non-hydrogen) atoms. The molecule has 0 aromatic rings. The first kappa shape index (κ1) is 12.8. The van der Waals surface area contributed by atoms with Gasteiger partial charge < -0.3 is 16.2 Å². The second-order valence-electron chi connectivity index (χ2n) is 5.60. The number of rotatable bonds is 5. The largest absolute Gasteiger partial charge is 0.391 e. The van der Waals surface area contributed by atoms with Crippen LogP contribution in [-0.2, 0) is 4.79 Å². The molecule has 0 bridgehead atoms. The Hall–Kier alpha value is -0.610. The first-order valence-electron chi connectivity index (χ1n) is 6.86. The monoisotopic (exact) mass is 240 g/mol. The van der Waals surface area contributed by atoms with Crippen LogP contribution in [0.1, 0.15) is 38.5 Å². The second-order valence-corrected chi connectivity index (χ2v) is 5.60. The SMILES string of the molecule is NCC1CCC(C(=O)NCC(O)C2CC2)CC1. The van der Waals surface area contributed by atoms with Gasteiger partial charge in [-0.3, -0.25) is 4.79 Å². The third-order valence-corrected chi connectivity index (χ3v) is 4.20. The first-order chi connectivity index (χ1) is 8.20. The van der Waals surface area contributed by atoms with Crippen LogP contribution in [0.2, 0.25) is 0 Å². The molecule has 98 valence electrons. The number of aliphatic hydroxyl groups is 1. The molecule has 2 aliphatic rings. The van der Waals surface area contributed by atoms with E-state index in [1.807, 2.05) is 0 Å². The maximum absolute atomic E-state index is 11.9. The van der Waals surface area contributed by atoms with Crippen molar-refractivity contribution in [3.63, 3.8) is 0 Å². The molecule has 4 N–H and O–H groups in total. The molecular formula is C13H24N2O2. The fraction of sp³-hybridized carbons (Fsp3) is 0.923. The van der Waals surface area contributed by atoms with Crippen LogP contribution in [0.3, 0.4) is 0 Å². The number of aliphatic hydroxyl groups excluding tert-OH is 1. The predicted octanol–water partition coefficient (Wildman–Crippen LogP) is 0.639. The molecule has 2 saturated carbocycles. The van der Waals surface area contributed by atoms with E-state index in [-0.39, 0.29) is 17.9 Å². The maximum atomic E-state index is 11.9. The molecule has 2 rings (SSSR count). The van der Waals surface area contributed by atoms with Crippen molar-refractivity contribution in [2.24, 2.45) is 23.5 Å². The standard InChI is InChI=1S/C13H24N2O2/c14-7-9-1-3-11(4-2-9)13(17)15-8-12(16)10-5-6-10/h9-12,16H,1-8,14H2,(H,15,17). The fourth-order valence-electron chi connectivity index (χ4n) is 2.66. The molecule has 4 heteroatoms. The topological polar surface area (TPSA) is 75.4 Å². The Morgan fingerprint density at radius 3 is 2.41 bits per heavy atom. The summed E-state index contributed by atoms with van der Waals surface area (Å²) in [6.07, 6.45) is 5.93. The van der Waals surface area contributed by atoms with E-state index in [4.69, 9.17) is 5.73 Å². The number of carbonyl (C=O) groups is 1. The van der Waals surface area contributed by atoms with E-state index in [1.165, 1.54) is 0 Å². The highest BCUT2D eigenvalue weighted by Crippen LogP contribution is 2.32. The summed E-state index contributed by atoms with van der Waals surface area (Å²) in [5, 5.41) is 12.6. The number of carbonyl (C=O) groups excluding carboxylic acids is 1. The van der Waals surface area contributed by atoms with Crippen molar-refractivity contribution in [1.29, 1.82) is 0 Å². The van der Waals surface area contributed by atoms with Crippen molar-refractivity contribution in [2.45, 2.75) is 44.6 Å². The lowest BCUT2D eigenvalue weighted by Crippen LogP contribution is -2.38. The van der Waals surface area contributed by atoms with Gasteiger partial charge in [0.05, 0.1) is 6.10 Å². The van der Waals surface area contributed by atoms with Crippen LogP contribution in [0.5, 0.6) is 0 Å². The zero-order valence-corrected chi connectivity index (χ0v) is 10.4. The van der Waals surface area contributed by atoms with E-state index in [1.54, 1.807) is 0 Å². The number of amides is 1. The molecule has 0 spiro atoms. The van der Waals surface area contributed by atoms with E-state index in [0.29, 0.717) is 18.4 Å². The Kier molecular flexibility index (Phi) is 4.40. The van der Waals surface area contributed by atoms with Crippen LogP contribution in [0.15, 0.2) is 0 Å². The smallest absolute Gasteiger partial charge is 0.223 e. The van der Waals surface area contributed by atoms with Crippen LogP contribution in [-0.4, -0.2) is 30.2 Å². The van der Waals surface area contributed by atoms with Crippen molar-refractivity contribution in [1.82, 2.24) is 5.32 Å². The minimum Gasteiger partial charge on any atom is -0.391 e. The minimum atomic E-state index is -0.334. The van der Waals surface area contributed by atoms with E-state index < -0.39 is 0 Å². The molecular weight excluding hydrogens is 216 g/mol. The third-order valence-electron chi connectivity index (χ3n) is 4.20. The van der Waals surface area contributed by atoms with Crippen molar-refractivity contribution >= 4 is 5.91 Å². The molecule has 0 aromatic carbocycles. The van der Waals surface area contributed by atoms with Gasteiger partial charge in [-0.1, -0.05) is 0 Å². The van der Waals surface area contributed by atoms with Gasteiger partial charge in [0.1, 0.15) is 0 Å². The highest BCUT2D eigenvalue weighted by atomic mass is 16.3. The number of nitrogens with two attached hydrogens (primary N) is 1. The summed E-state index contributed by atoms with van der Waals surface area (Å²) in [6.45, 7) is 1.18. The summed E-state index contributed by atoms with van der Waals surface area (Å²) in [6, 6.07) is 0. The summed E-state index contributed by atoms with van der Waals surface area (Å²) < 4.78 is 0. The molecule has 0 heterocycles. The Balaban J connectivity index is 1.65. The van der Waals surface area contributed by atoms with Gasteiger partial charge in [-0.25, -0.2) is 0 Å². The number of nitrogens with one attached hydrogen (secondary N) is 1. The van der Waals surface area contributed by atoms with Crippen LogP contribution in [0.25, 0.3) is 0 Å². The van der Waals surface area contributed by atoms with Gasteiger partial charge in [0.25, 0.3) is 0 Å². The van der Waals surface area contributed by atoms with Gasteiger partial charge in [-0.15, -0.1) is 0 Å². The third kappa shape index (κ3) is 3.68. The van der Waals surface area contributed by atoms with Crippen molar-refractivity contribution in [3.8, 4) is 0 Å². The highest BCUT2D eigenvalue weighted by molar-refractivity contribution is 5.78. The highest BCUT2D eigenvalue weighted by Gasteiger charge is 2.31. The zero-order chi connectivity index (χ0) is 12.3. The van der Waals surface area contributed by atoms with Crippen molar-refractivity contribution < 1.29 is 9.90 Å². The lowest BCUT2D eigenvalue weighted by atomic mass is 9.81. The van der Waals surface area contributed by atoms with E-state index in [0.717, 1.165) is 45.1 Å². The summed E-state index contributed by atoms with van der Waals surface area (Å²) in [7, 11) is 0. The lowest BCUT2D eigenvalue weighted by molar-refractivity contribution is -0.126. The Morgan fingerprint density at radius 1 is 1.24 bits per heavy atom. The van der Waals surface area contributed by atoms with Gasteiger partial charge >= 0.3 is 0 Å². The van der Waals surface area contributed by atoms with Crippen LogP contribution in [0, 0.1) is 17.8 Å². The van der Waals surface area contributed by atoms with Gasteiger partial charge in [-0.05, 0) is 56.9 Å². The molecule has 1 amide bonds. The molecule has 0 saturated heterocycles. The summed E-state index contributed by atoms with van der Waals surface area (Å²) in [5.74, 6) is 1.31. The van der Waals surface area contributed by atoms with Crippen molar-refractivity contribution in [2.75, 3.05) is 13.1 Å². The number of hydrogen-bond acceptors (Lipinski definition) is 3. The Morgan fingerprint density at radius 2 is 1.88 bits per heavy atom. The lowest BCUT2D eigenvalue weighted by Gasteiger charge is -2.27. The fourth-order valence-corrected chi connectivity index (χ4v) is 2.66. The molecule has 2 aliphatic carbocycles. The molecule has 0 aromatic heterocycles. The van der Waals surface area contributed by atoms with Gasteiger partial charge in [-0.2, -0.15) is 0 Å². The van der Waals surface area contributed by atoms with Gasteiger partial charge in [0, 0.05) is 12.5 Å². The summed E-state index contributed by atoms with van der Waals surface area (Å²) in [4.78, 5) is 11.9. The van der Waals surface area contributed by atoms with Gasteiger partial charge in [0.15, 0.2) is 0 Å². The minimum absolute atomic E-state index is 0.125. The van der Waals surface area contributed by atoms with Crippen molar-refractivity contribution in [3.05, 3.63) is 0 Å². The van der Waals surface area contributed by atoms with E-state index in [9.17, 15) is 9.90 Å². The van der Waals surface area contributed by atoms with Crippen LogP contribution in [0.4, 0.5) is 0 Å². The first-order valence-corrected chi connectivity index (χ1v) is 6.86. The average Bonchev–Trinajstić information content (AvgIpc) is 3.20. The van der Waals surface area contributed by atoms with E-state index >= 15 is 0 Å². The van der Waals surface area contributed by atoms with Crippen LogP contribution < -0.4 is 11.1 Å². The molecule has 1 unspecified atom stereocenters. The van der Waals surface area contributed by atoms with Crippen LogP contribution >= 0.6 is 0 Å². The van der Waals surface area contributed by atoms with E-state index in [2.05, 4.69) is 5.32 Å². The predicted molar refractivity (Wildman–Crippen MR) is 66.2 cm³/mol. The van der Waals surface area contributed by atoms with Gasteiger partial charge in [0.2, 0.25) is 5.91 Å². The molecule has 4 nitrogen and oxygen atoms in total. The second kappa shape index (κ2) is 5.83. The Labute approximate surface area is 103 Å². The normalized spacial score (nSPS) is 30.9. The quantitative estimate of drug-likeness (QED) is 0.660. The zero-order valence-electron chi connectivity index (χ0n) is 10.4. The molecule has 2 fully saturated rings. The Bertz CT molecular complexity index is 258. The number of hydrogen-bond donors (Lipinski definition) is 3. The average molecular weight is 240 g/mol. The summed E-state index contributed by atoms with van der Waals surface area (Å²) in [5.41, 5.74) is 5.63. The molecule has 0 aliphatic heterocycles. The summed E-state index contributed by atoms with van der Waals surface area (Å²) >= 11 is 0. The maximum Gasteiger partial charge on any atom is 0.223 e. The molecule has 0 radical (unpaired) electrons. The molecule has 1 atom stereocenters.